The molecule has 2 atom stereocenters. The maximum atomic E-state index is 13.3. The summed E-state index contributed by atoms with van der Waals surface area (Å²) in [7, 11) is 3.18. The molecule has 0 spiro atoms. The van der Waals surface area contributed by atoms with Gasteiger partial charge in [0.1, 0.15) is 11.7 Å². The molecule has 1 aliphatic rings. The van der Waals surface area contributed by atoms with E-state index >= 15 is 0 Å². The highest BCUT2D eigenvalue weighted by molar-refractivity contribution is 5.98. The Kier molecular flexibility index (Phi) is 4.49. The summed E-state index contributed by atoms with van der Waals surface area (Å²) < 4.78 is 16.4. The number of hydrogen-bond acceptors (Lipinski definition) is 7. The van der Waals surface area contributed by atoms with Crippen molar-refractivity contribution in [3.63, 3.8) is 0 Å². The third-order valence-electron chi connectivity index (χ3n) is 4.80. The third kappa shape index (κ3) is 3.12. The van der Waals surface area contributed by atoms with Crippen molar-refractivity contribution >= 4 is 16.7 Å². The maximum Gasteiger partial charge on any atom is 0.273 e. The van der Waals surface area contributed by atoms with Crippen LogP contribution in [0.4, 0.5) is 0 Å². The molecule has 1 saturated heterocycles. The predicted molar refractivity (Wildman–Crippen MR) is 96.5 cm³/mol. The van der Waals surface area contributed by atoms with Gasteiger partial charge in [0.2, 0.25) is 17.7 Å². The van der Waals surface area contributed by atoms with Crippen LogP contribution in [0.3, 0.4) is 0 Å². The molecule has 3 heterocycles. The molecular formula is C19H20N4O4. The van der Waals surface area contributed by atoms with Gasteiger partial charge in [-0.05, 0) is 17.5 Å². The van der Waals surface area contributed by atoms with E-state index in [4.69, 9.17) is 13.9 Å². The Hall–Kier alpha value is -3.00. The average molecular weight is 368 g/mol. The van der Waals surface area contributed by atoms with Crippen LogP contribution in [0.5, 0.6) is 5.88 Å². The summed E-state index contributed by atoms with van der Waals surface area (Å²) in [4.78, 5) is 19.4. The molecular weight excluding hydrogens is 348 g/mol. The summed E-state index contributed by atoms with van der Waals surface area (Å²) in [6.07, 6.45) is 0.489. The number of carbonyl (C=O) groups is 1. The lowest BCUT2D eigenvalue weighted by molar-refractivity contribution is 0.0667. The maximum absolute atomic E-state index is 13.3. The van der Waals surface area contributed by atoms with Crippen LogP contribution in [0, 0.1) is 6.92 Å². The summed E-state index contributed by atoms with van der Waals surface area (Å²) in [5.74, 6) is 1.07. The molecule has 1 amide bonds. The summed E-state index contributed by atoms with van der Waals surface area (Å²) in [5.41, 5.74) is 0.309. The number of aromatic nitrogens is 3. The number of aryl methyl sites for hydroxylation is 1. The number of hydrogen-bond donors (Lipinski definition) is 0. The Morgan fingerprint density at radius 2 is 2.07 bits per heavy atom. The molecule has 0 saturated carbocycles. The fourth-order valence-corrected chi connectivity index (χ4v) is 3.45. The zero-order valence-corrected chi connectivity index (χ0v) is 15.4. The molecule has 27 heavy (non-hydrogen) atoms. The van der Waals surface area contributed by atoms with Gasteiger partial charge in [0.25, 0.3) is 5.91 Å². The molecule has 4 rings (SSSR count). The minimum Gasteiger partial charge on any atom is -0.481 e. The van der Waals surface area contributed by atoms with Crippen molar-refractivity contribution in [2.45, 2.75) is 25.5 Å². The second-order valence-corrected chi connectivity index (χ2v) is 6.46. The Morgan fingerprint density at radius 3 is 2.78 bits per heavy atom. The molecule has 2 aromatic heterocycles. The van der Waals surface area contributed by atoms with Crippen molar-refractivity contribution in [2.24, 2.45) is 0 Å². The van der Waals surface area contributed by atoms with Gasteiger partial charge >= 0.3 is 0 Å². The molecule has 8 heteroatoms. The molecule has 8 nitrogen and oxygen atoms in total. The lowest BCUT2D eigenvalue weighted by Gasteiger charge is -2.21. The first-order valence-electron chi connectivity index (χ1n) is 8.68. The lowest BCUT2D eigenvalue weighted by Crippen LogP contribution is -2.32. The monoisotopic (exact) mass is 368 g/mol. The van der Waals surface area contributed by atoms with Crippen molar-refractivity contribution in [2.75, 3.05) is 20.8 Å². The minimum atomic E-state index is -0.345. The van der Waals surface area contributed by atoms with E-state index in [1.165, 1.54) is 0 Å². The number of ether oxygens (including phenoxy) is 2. The van der Waals surface area contributed by atoms with E-state index in [0.717, 1.165) is 10.8 Å². The Bertz CT molecular complexity index is 987. The van der Waals surface area contributed by atoms with Crippen LogP contribution in [0.25, 0.3) is 10.8 Å². The molecule has 1 fully saturated rings. The number of rotatable bonds is 4. The highest BCUT2D eigenvalue weighted by atomic mass is 16.5. The van der Waals surface area contributed by atoms with Gasteiger partial charge in [-0.25, -0.2) is 4.98 Å². The van der Waals surface area contributed by atoms with Crippen molar-refractivity contribution in [3.05, 3.63) is 47.8 Å². The van der Waals surface area contributed by atoms with Crippen LogP contribution in [-0.2, 0) is 4.74 Å². The summed E-state index contributed by atoms with van der Waals surface area (Å²) >= 11 is 0. The van der Waals surface area contributed by atoms with Gasteiger partial charge in [-0.15, -0.1) is 10.2 Å². The van der Waals surface area contributed by atoms with Gasteiger partial charge in [0.15, 0.2) is 0 Å². The van der Waals surface area contributed by atoms with Crippen LogP contribution >= 0.6 is 0 Å². The highest BCUT2D eigenvalue weighted by Gasteiger charge is 2.40. The normalized spacial score (nSPS) is 19.6. The Labute approximate surface area is 156 Å². The van der Waals surface area contributed by atoms with Gasteiger partial charge in [-0.2, -0.15) is 0 Å². The SMILES string of the molecule is COc1nc(C(=O)N2C[C@@H](OC)C[C@@H]2c2nnc(C)o2)cc2ccccc12. The topological polar surface area (TPSA) is 90.6 Å². The van der Waals surface area contributed by atoms with Gasteiger partial charge in [0.05, 0.1) is 13.2 Å². The predicted octanol–water partition coefficient (Wildman–Crippen LogP) is 2.54. The first-order valence-corrected chi connectivity index (χ1v) is 8.68. The van der Waals surface area contributed by atoms with E-state index in [2.05, 4.69) is 15.2 Å². The number of carbonyl (C=O) groups excluding carboxylic acids is 1. The first-order chi connectivity index (χ1) is 13.1. The van der Waals surface area contributed by atoms with Crippen LogP contribution < -0.4 is 4.74 Å². The molecule has 0 bridgehead atoms. The third-order valence-corrected chi connectivity index (χ3v) is 4.80. The van der Waals surface area contributed by atoms with E-state index in [0.29, 0.717) is 36.3 Å². The van der Waals surface area contributed by atoms with Gasteiger partial charge in [0, 0.05) is 32.4 Å². The molecule has 140 valence electrons. The van der Waals surface area contributed by atoms with Crippen LogP contribution in [-0.4, -0.2) is 52.9 Å². The van der Waals surface area contributed by atoms with E-state index in [9.17, 15) is 4.79 Å². The molecule has 0 unspecified atom stereocenters. The molecule has 1 aromatic carbocycles. The molecule has 0 N–H and O–H groups in total. The van der Waals surface area contributed by atoms with Crippen LogP contribution in [0.2, 0.25) is 0 Å². The number of likely N-dealkylation sites (tertiary alicyclic amines) is 1. The number of amides is 1. The number of methoxy groups -OCH3 is 2. The fraction of sp³-hybridized carbons (Fsp3) is 0.368. The molecule has 1 aliphatic heterocycles. The second kappa shape index (κ2) is 6.96. The van der Waals surface area contributed by atoms with Gasteiger partial charge in [-0.1, -0.05) is 18.2 Å². The van der Waals surface area contributed by atoms with Gasteiger partial charge in [-0.3, -0.25) is 4.79 Å². The quantitative estimate of drug-likeness (QED) is 0.699. The number of pyridine rings is 1. The Balaban J connectivity index is 1.73. The largest absolute Gasteiger partial charge is 0.481 e. The van der Waals surface area contributed by atoms with Crippen molar-refractivity contribution in [3.8, 4) is 5.88 Å². The minimum absolute atomic E-state index is 0.103. The van der Waals surface area contributed by atoms with Crippen molar-refractivity contribution in [1.82, 2.24) is 20.1 Å². The van der Waals surface area contributed by atoms with Crippen LogP contribution in [0.1, 0.15) is 34.7 Å². The van der Waals surface area contributed by atoms with E-state index < -0.39 is 0 Å². The fourth-order valence-electron chi connectivity index (χ4n) is 3.45. The number of fused-ring (bicyclic) bond motifs is 1. The summed E-state index contributed by atoms with van der Waals surface area (Å²) in [6, 6.07) is 9.09. The molecule has 3 aromatic rings. The van der Waals surface area contributed by atoms with E-state index in [1.54, 1.807) is 32.1 Å². The number of nitrogens with zero attached hydrogens (tertiary/aromatic N) is 4. The lowest BCUT2D eigenvalue weighted by atomic mass is 10.1. The Morgan fingerprint density at radius 1 is 1.26 bits per heavy atom. The first kappa shape index (κ1) is 17.4. The zero-order valence-electron chi connectivity index (χ0n) is 15.4. The van der Waals surface area contributed by atoms with Crippen molar-refractivity contribution in [1.29, 1.82) is 0 Å². The second-order valence-electron chi connectivity index (χ2n) is 6.46. The summed E-state index contributed by atoms with van der Waals surface area (Å²) in [5, 5.41) is 9.73. The van der Waals surface area contributed by atoms with Gasteiger partial charge < -0.3 is 18.8 Å². The van der Waals surface area contributed by atoms with E-state index in [-0.39, 0.29) is 18.1 Å². The smallest absolute Gasteiger partial charge is 0.273 e. The highest BCUT2D eigenvalue weighted by Crippen LogP contribution is 2.34. The average Bonchev–Trinajstić information content (AvgIpc) is 3.32. The summed E-state index contributed by atoms with van der Waals surface area (Å²) in [6.45, 7) is 2.15. The molecule has 0 aliphatic carbocycles. The van der Waals surface area contributed by atoms with Crippen molar-refractivity contribution < 1.29 is 18.7 Å². The number of benzene rings is 1. The zero-order chi connectivity index (χ0) is 19.0. The molecule has 0 radical (unpaired) electrons. The van der Waals surface area contributed by atoms with Crippen LogP contribution in [0.15, 0.2) is 34.7 Å². The van der Waals surface area contributed by atoms with E-state index in [1.807, 2.05) is 24.3 Å². The standard InChI is InChI=1S/C19H20N4O4/c1-11-21-22-18(27-11)16-9-13(25-2)10-23(16)19(24)15-8-12-6-4-5-7-14(12)17(20-15)26-3/h4-8,13,16H,9-10H2,1-3H3/t13-,16+/m0/s1.